The van der Waals surface area contributed by atoms with Crippen molar-refractivity contribution in [2.45, 2.75) is 31.3 Å². The van der Waals surface area contributed by atoms with Crippen LogP contribution in [0.1, 0.15) is 46.3 Å². The van der Waals surface area contributed by atoms with Crippen LogP contribution in [-0.4, -0.2) is 64.9 Å². The molecule has 0 heterocycles. The van der Waals surface area contributed by atoms with Gasteiger partial charge in [-0.05, 0) is 61.1 Å². The minimum atomic E-state index is -2.65. The van der Waals surface area contributed by atoms with Crippen LogP contribution in [0.2, 0.25) is 0 Å². The number of fused-ring (bicyclic) bond motifs is 2. The Kier molecular flexibility index (Phi) is 7.50. The van der Waals surface area contributed by atoms with Gasteiger partial charge in [-0.25, -0.2) is 0 Å². The summed E-state index contributed by atoms with van der Waals surface area (Å²) in [4.78, 5) is 53.7. The molecule has 2 aromatic carbocycles. The molecular weight excluding hydrogens is 502 g/mol. The predicted molar refractivity (Wildman–Crippen MR) is 143 cm³/mol. The highest BCUT2D eigenvalue weighted by Crippen LogP contribution is 2.49. The Bertz CT molecular complexity index is 1420. The second kappa shape index (κ2) is 10.5. The number of nitrogens with two attached hydrogens (primary N) is 2. The summed E-state index contributed by atoms with van der Waals surface area (Å²) in [5.74, 6) is -1.46. The van der Waals surface area contributed by atoms with Crippen molar-refractivity contribution in [2.24, 2.45) is 23.5 Å². The van der Waals surface area contributed by atoms with E-state index >= 15 is 0 Å². The fourth-order valence-electron chi connectivity index (χ4n) is 5.79. The van der Waals surface area contributed by atoms with Gasteiger partial charge in [0, 0.05) is 43.6 Å². The van der Waals surface area contributed by atoms with Crippen molar-refractivity contribution in [3.05, 3.63) is 52.6 Å². The smallest absolute Gasteiger partial charge is 0.225 e. The van der Waals surface area contributed by atoms with Gasteiger partial charge >= 0.3 is 0 Å². The third kappa shape index (κ3) is 4.87. The zero-order chi connectivity index (χ0) is 28.6. The van der Waals surface area contributed by atoms with Gasteiger partial charge in [0.05, 0.1) is 23.5 Å². The first-order valence-electron chi connectivity index (χ1n) is 12.6. The van der Waals surface area contributed by atoms with E-state index in [0.29, 0.717) is 22.5 Å². The van der Waals surface area contributed by atoms with E-state index < -0.39 is 59.6 Å². The summed E-state index contributed by atoms with van der Waals surface area (Å²) in [5, 5.41) is 32.2. The maximum atomic E-state index is 13.9. The molecule has 2 unspecified atom stereocenters. The van der Waals surface area contributed by atoms with Gasteiger partial charge < -0.3 is 31.7 Å². The van der Waals surface area contributed by atoms with E-state index in [-0.39, 0.29) is 36.1 Å². The summed E-state index contributed by atoms with van der Waals surface area (Å²) in [6.45, 7) is -0.411. The fraction of sp³-hybridized carbons (Fsp3) is 0.379. The van der Waals surface area contributed by atoms with Crippen LogP contribution >= 0.6 is 0 Å². The third-order valence-electron chi connectivity index (χ3n) is 7.66. The van der Waals surface area contributed by atoms with Crippen molar-refractivity contribution in [1.82, 2.24) is 0 Å². The fourth-order valence-corrected chi connectivity index (χ4v) is 5.79. The summed E-state index contributed by atoms with van der Waals surface area (Å²) >= 11 is 0. The van der Waals surface area contributed by atoms with E-state index in [1.54, 1.807) is 49.3 Å². The number of phenols is 1. The van der Waals surface area contributed by atoms with Gasteiger partial charge in [0.2, 0.25) is 5.91 Å². The van der Waals surface area contributed by atoms with Crippen molar-refractivity contribution < 1.29 is 34.5 Å². The number of amides is 1. The van der Waals surface area contributed by atoms with Gasteiger partial charge in [-0.1, -0.05) is 11.8 Å². The number of hydrogen-bond acceptors (Lipinski definition) is 9. The molecule has 1 saturated carbocycles. The van der Waals surface area contributed by atoms with Crippen LogP contribution < -0.4 is 16.4 Å². The monoisotopic (exact) mass is 533 g/mol. The van der Waals surface area contributed by atoms with Crippen molar-refractivity contribution in [3.8, 4) is 17.6 Å². The number of Topliss-reactive ketones (excluding diaryl/α,β-unsaturated/α-hetero) is 3. The molecule has 10 heteroatoms. The van der Waals surface area contributed by atoms with Gasteiger partial charge in [-0.2, -0.15) is 0 Å². The summed E-state index contributed by atoms with van der Waals surface area (Å²) in [5.41, 5.74) is 10.7. The zero-order valence-electron chi connectivity index (χ0n) is 21.7. The Morgan fingerprint density at radius 3 is 2.41 bits per heavy atom. The Hall–Kier alpha value is -4.20. The molecule has 7 N–H and O–H groups in total. The second-order valence-corrected chi connectivity index (χ2v) is 10.4. The third-order valence-corrected chi connectivity index (χ3v) is 7.66. The molecule has 2 aliphatic carbocycles. The van der Waals surface area contributed by atoms with Gasteiger partial charge in [-0.15, -0.1) is 0 Å². The molecule has 10 nitrogen and oxygen atoms in total. The van der Waals surface area contributed by atoms with Crippen molar-refractivity contribution in [2.75, 3.05) is 31.3 Å². The lowest BCUT2D eigenvalue weighted by Crippen LogP contribution is -2.63. The Balaban J connectivity index is 1.83. The van der Waals surface area contributed by atoms with Crippen LogP contribution in [-0.2, 0) is 20.8 Å². The minimum absolute atomic E-state index is 0.0788. The molecule has 0 bridgehead atoms. The normalized spacial score (nSPS) is 23.7. The number of anilines is 2. The molecule has 2 aliphatic rings. The standard InChI is InChI=1S/C29H31N3O7/c1-32(2)21-13-16(6-3-15-4-7-19(30)8-5-15)26(36)25-20(21)12-17-11-18(9-10-33)29(39,22(34)14-23(31)35)28(38)24(17)27(25)37/h4-5,7-8,13,17-18,24,33,36,39H,9-12,14,30H2,1-2H3,(H2,31,35)/t17?,18-,24?,29-/m1/s1. The number of nitrogen functional groups attached to an aromatic ring is 1. The lowest BCUT2D eigenvalue weighted by Gasteiger charge is -2.46. The van der Waals surface area contributed by atoms with E-state index in [0.717, 1.165) is 0 Å². The van der Waals surface area contributed by atoms with E-state index in [1.165, 1.54) is 0 Å². The van der Waals surface area contributed by atoms with Crippen LogP contribution in [0.15, 0.2) is 30.3 Å². The Morgan fingerprint density at radius 1 is 1.15 bits per heavy atom. The van der Waals surface area contributed by atoms with Crippen molar-refractivity contribution >= 4 is 34.6 Å². The topological polar surface area (TPSA) is 184 Å². The largest absolute Gasteiger partial charge is 0.506 e. The number of benzene rings is 2. The van der Waals surface area contributed by atoms with E-state index in [4.69, 9.17) is 11.5 Å². The zero-order valence-corrected chi connectivity index (χ0v) is 21.7. The molecule has 4 rings (SSSR count). The number of rotatable bonds is 6. The lowest BCUT2D eigenvalue weighted by molar-refractivity contribution is -0.167. The average molecular weight is 534 g/mol. The molecular formula is C29H31N3O7. The van der Waals surface area contributed by atoms with E-state index in [1.807, 2.05) is 0 Å². The van der Waals surface area contributed by atoms with E-state index in [9.17, 15) is 34.5 Å². The molecule has 0 aromatic heterocycles. The molecule has 0 radical (unpaired) electrons. The summed E-state index contributed by atoms with van der Waals surface area (Å²) < 4.78 is 0. The SMILES string of the molecule is CN(C)c1cc(C#Cc2ccc(N)cc2)c(O)c2c1CC1C[C@@H](CCO)[C@@](O)(C(=O)CC(N)=O)C(=O)C1C2=O. The molecule has 4 atom stereocenters. The predicted octanol–water partition coefficient (Wildman–Crippen LogP) is 0.558. The van der Waals surface area contributed by atoms with Gasteiger partial charge in [0.15, 0.2) is 23.0 Å². The Labute approximate surface area is 225 Å². The molecule has 204 valence electrons. The first-order valence-corrected chi connectivity index (χ1v) is 12.6. The summed E-state index contributed by atoms with van der Waals surface area (Å²) in [6, 6.07) is 8.48. The highest BCUT2D eigenvalue weighted by Gasteiger charge is 2.60. The van der Waals surface area contributed by atoms with Crippen LogP contribution in [0.4, 0.5) is 11.4 Å². The molecule has 39 heavy (non-hydrogen) atoms. The number of hydrogen-bond donors (Lipinski definition) is 5. The average Bonchev–Trinajstić information content (AvgIpc) is 2.87. The highest BCUT2D eigenvalue weighted by molar-refractivity contribution is 6.24. The van der Waals surface area contributed by atoms with Gasteiger partial charge in [0.1, 0.15) is 5.75 Å². The number of aliphatic hydroxyl groups excluding tert-OH is 1. The van der Waals surface area contributed by atoms with Crippen LogP contribution in [0, 0.1) is 29.6 Å². The van der Waals surface area contributed by atoms with Gasteiger partial charge in [0.25, 0.3) is 0 Å². The number of phenolic OH excluding ortho intramolecular Hbond substituents is 1. The summed E-state index contributed by atoms with van der Waals surface area (Å²) in [6.07, 6.45) is -0.669. The van der Waals surface area contributed by atoms with Gasteiger partial charge in [-0.3, -0.25) is 19.2 Å². The molecule has 0 saturated heterocycles. The quantitative estimate of drug-likeness (QED) is 0.201. The Morgan fingerprint density at radius 2 is 1.82 bits per heavy atom. The molecule has 1 fully saturated rings. The maximum Gasteiger partial charge on any atom is 0.225 e. The van der Waals surface area contributed by atoms with Crippen molar-refractivity contribution in [1.29, 1.82) is 0 Å². The van der Waals surface area contributed by atoms with Crippen molar-refractivity contribution in [3.63, 3.8) is 0 Å². The molecule has 0 spiro atoms. The number of carbonyl (C=O) groups excluding carboxylic acids is 4. The second-order valence-electron chi connectivity index (χ2n) is 10.4. The molecule has 1 amide bonds. The molecule has 0 aliphatic heterocycles. The number of carbonyl (C=O) groups is 4. The van der Waals surface area contributed by atoms with E-state index in [2.05, 4.69) is 11.8 Å². The number of aromatic hydroxyl groups is 1. The number of nitrogens with zero attached hydrogens (tertiary/aromatic N) is 1. The maximum absolute atomic E-state index is 13.9. The van der Waals surface area contributed by atoms with Crippen LogP contribution in [0.3, 0.4) is 0 Å². The molecule has 2 aromatic rings. The highest BCUT2D eigenvalue weighted by atomic mass is 16.3. The number of ketones is 3. The summed E-state index contributed by atoms with van der Waals surface area (Å²) in [7, 11) is 3.56. The van der Waals surface area contributed by atoms with Crippen LogP contribution in [0.25, 0.3) is 0 Å². The van der Waals surface area contributed by atoms with Crippen LogP contribution in [0.5, 0.6) is 5.75 Å². The number of primary amides is 1. The minimum Gasteiger partial charge on any atom is -0.506 e. The number of aliphatic hydroxyl groups is 2. The first-order chi connectivity index (χ1) is 18.4. The lowest BCUT2D eigenvalue weighted by atomic mass is 9.57. The first kappa shape index (κ1) is 27.8.